The highest BCUT2D eigenvalue weighted by molar-refractivity contribution is 7.99. The van der Waals surface area contributed by atoms with E-state index >= 15 is 4.39 Å². The van der Waals surface area contributed by atoms with Gasteiger partial charge in [0.25, 0.3) is 0 Å². The number of aliphatic hydroxyl groups excluding tert-OH is 2. The van der Waals surface area contributed by atoms with Gasteiger partial charge in [-0.3, -0.25) is 9.59 Å². The molecule has 7 nitrogen and oxygen atoms in total. The molecule has 4 aliphatic carbocycles. The summed E-state index contributed by atoms with van der Waals surface area (Å²) in [5, 5.41) is 22.6. The molecular weight excluding hydrogens is 619 g/mol. The minimum Gasteiger partial charge on any atom is -0.452 e. The van der Waals surface area contributed by atoms with E-state index in [-0.39, 0.29) is 23.9 Å². The molecule has 238 valence electrons. The highest BCUT2D eigenvalue weighted by Crippen LogP contribution is 2.70. The predicted octanol–water partition coefficient (Wildman–Crippen LogP) is 6.68. The molecule has 0 aliphatic heterocycles. The van der Waals surface area contributed by atoms with Crippen LogP contribution in [0.15, 0.2) is 76.1 Å². The van der Waals surface area contributed by atoms with Crippen LogP contribution in [0, 0.1) is 22.7 Å². The SMILES string of the molecule is CC(=O)Oc1ccc(Sc2ccc(C(=O)OC3(CO)CCC4C5CCC6=CC(=O)C=CC6(C)C5(F)C(O)CC43C)cc2)cc1Cl. The average Bonchev–Trinajstić information content (AvgIpc) is 3.27. The molecule has 0 spiro atoms. The Hall–Kier alpha value is -2.98. The highest BCUT2D eigenvalue weighted by Gasteiger charge is 2.74. The van der Waals surface area contributed by atoms with E-state index < -0.39 is 52.7 Å². The van der Waals surface area contributed by atoms with Gasteiger partial charge in [0.1, 0.15) is 11.4 Å². The van der Waals surface area contributed by atoms with Crippen molar-refractivity contribution in [2.24, 2.45) is 22.7 Å². The zero-order valence-electron chi connectivity index (χ0n) is 25.3. The van der Waals surface area contributed by atoms with Crippen LogP contribution in [-0.4, -0.2) is 51.9 Å². The summed E-state index contributed by atoms with van der Waals surface area (Å²) in [7, 11) is 0. The van der Waals surface area contributed by atoms with Crippen molar-refractivity contribution in [1.82, 2.24) is 0 Å². The first-order chi connectivity index (χ1) is 21.3. The number of rotatable bonds is 6. The molecule has 7 unspecified atom stereocenters. The van der Waals surface area contributed by atoms with Crippen molar-refractivity contribution in [2.45, 2.75) is 80.0 Å². The van der Waals surface area contributed by atoms with Crippen LogP contribution < -0.4 is 4.74 Å². The molecule has 2 N–H and O–H groups in total. The number of hydrogen-bond acceptors (Lipinski definition) is 8. The fourth-order valence-electron chi connectivity index (χ4n) is 8.56. The van der Waals surface area contributed by atoms with Crippen LogP contribution in [0.2, 0.25) is 5.02 Å². The van der Waals surface area contributed by atoms with Crippen LogP contribution in [0.3, 0.4) is 0 Å². The molecule has 10 heteroatoms. The van der Waals surface area contributed by atoms with E-state index in [1.54, 1.807) is 55.5 Å². The van der Waals surface area contributed by atoms with Gasteiger partial charge in [0.05, 0.1) is 23.3 Å². The van der Waals surface area contributed by atoms with Crippen LogP contribution >= 0.6 is 23.4 Å². The maximum atomic E-state index is 17.4. The van der Waals surface area contributed by atoms with E-state index in [1.807, 2.05) is 6.92 Å². The lowest BCUT2D eigenvalue weighted by Crippen LogP contribution is -2.69. The Kier molecular flexibility index (Phi) is 8.08. The zero-order chi connectivity index (χ0) is 32.4. The molecule has 4 aliphatic rings. The predicted molar refractivity (Wildman–Crippen MR) is 167 cm³/mol. The summed E-state index contributed by atoms with van der Waals surface area (Å²) in [6.45, 7) is 4.53. The Morgan fingerprint density at radius 2 is 1.80 bits per heavy atom. The molecule has 0 aromatic heterocycles. The zero-order valence-corrected chi connectivity index (χ0v) is 26.9. The van der Waals surface area contributed by atoms with Crippen molar-refractivity contribution in [2.75, 3.05) is 6.61 Å². The van der Waals surface area contributed by atoms with Gasteiger partial charge in [0, 0.05) is 33.5 Å². The summed E-state index contributed by atoms with van der Waals surface area (Å²) < 4.78 is 28.6. The summed E-state index contributed by atoms with van der Waals surface area (Å²) in [6.07, 6.45) is 5.04. The molecule has 6 rings (SSSR count). The first-order valence-corrected chi connectivity index (χ1v) is 16.4. The fourth-order valence-corrected chi connectivity index (χ4v) is 9.70. The molecule has 3 saturated carbocycles. The number of aliphatic hydroxyl groups is 2. The molecule has 0 saturated heterocycles. The van der Waals surface area contributed by atoms with Crippen molar-refractivity contribution in [1.29, 1.82) is 0 Å². The van der Waals surface area contributed by atoms with Gasteiger partial charge < -0.3 is 19.7 Å². The first-order valence-electron chi connectivity index (χ1n) is 15.2. The van der Waals surface area contributed by atoms with Crippen molar-refractivity contribution in [3.8, 4) is 5.75 Å². The Morgan fingerprint density at radius 3 is 2.47 bits per heavy atom. The average molecular weight is 655 g/mol. The van der Waals surface area contributed by atoms with Crippen LogP contribution in [-0.2, 0) is 14.3 Å². The summed E-state index contributed by atoms with van der Waals surface area (Å²) in [5.41, 5.74) is -4.25. The maximum Gasteiger partial charge on any atom is 0.338 e. The second kappa shape index (κ2) is 11.4. The summed E-state index contributed by atoms with van der Waals surface area (Å²) in [6, 6.07) is 11.9. The molecule has 45 heavy (non-hydrogen) atoms. The molecule has 0 heterocycles. The number of benzene rings is 2. The topological polar surface area (TPSA) is 110 Å². The second-order valence-corrected chi connectivity index (χ2v) is 14.7. The van der Waals surface area contributed by atoms with E-state index in [0.717, 1.165) is 9.79 Å². The van der Waals surface area contributed by atoms with Gasteiger partial charge in [-0.2, -0.15) is 0 Å². The Balaban J connectivity index is 1.20. The highest BCUT2D eigenvalue weighted by atomic mass is 35.5. The normalized spacial score (nSPS) is 35.1. The van der Waals surface area contributed by atoms with Gasteiger partial charge in [-0.25, -0.2) is 9.18 Å². The van der Waals surface area contributed by atoms with Gasteiger partial charge in [-0.1, -0.05) is 41.9 Å². The number of alkyl halides is 1. The molecule has 2 aromatic carbocycles. The standard InChI is InChI=1S/C35H36ClFO7S/c1-20(39)43-29-11-9-25(17-28(29)36)45-24-7-4-21(5-8-24)31(42)44-34(19-38)15-13-26-27-10-6-22-16-23(40)12-14-32(22,2)35(27,37)30(41)18-33(26,34)3/h4-5,7-9,11-12,14,16-17,26-27,30,38,41H,6,10,13,15,18-19H2,1-3H3. The quantitative estimate of drug-likeness (QED) is 0.262. The minimum atomic E-state index is -1.99. The van der Waals surface area contributed by atoms with Gasteiger partial charge in [0.2, 0.25) is 0 Å². The van der Waals surface area contributed by atoms with Crippen LogP contribution in [0.5, 0.6) is 5.75 Å². The molecule has 0 radical (unpaired) electrons. The third-order valence-electron chi connectivity index (χ3n) is 11.0. The van der Waals surface area contributed by atoms with Crippen LogP contribution in [0.4, 0.5) is 4.39 Å². The molecule has 7 atom stereocenters. The minimum absolute atomic E-state index is 0.0115. The summed E-state index contributed by atoms with van der Waals surface area (Å²) in [4.78, 5) is 38.5. The van der Waals surface area contributed by atoms with Gasteiger partial charge >= 0.3 is 11.9 Å². The van der Waals surface area contributed by atoms with Crippen LogP contribution in [0.25, 0.3) is 0 Å². The number of carbonyl (C=O) groups excluding carboxylic acids is 3. The number of esters is 2. The first kappa shape index (κ1) is 32.0. The Bertz CT molecular complexity index is 1620. The number of fused-ring (bicyclic) bond motifs is 5. The van der Waals surface area contributed by atoms with Gasteiger partial charge in [-0.05, 0) is 99.6 Å². The Morgan fingerprint density at radius 1 is 1.09 bits per heavy atom. The number of ether oxygens (including phenoxy) is 2. The number of carbonyl (C=O) groups is 3. The smallest absolute Gasteiger partial charge is 0.338 e. The fraction of sp³-hybridized carbons (Fsp3) is 0.457. The molecule has 0 bridgehead atoms. The van der Waals surface area contributed by atoms with Crippen molar-refractivity contribution in [3.63, 3.8) is 0 Å². The maximum absolute atomic E-state index is 17.4. The third-order valence-corrected chi connectivity index (χ3v) is 12.3. The molecular formula is C35H36ClFO7S. The lowest BCUT2D eigenvalue weighted by molar-refractivity contribution is -0.223. The number of halogens is 2. The van der Waals surface area contributed by atoms with E-state index in [0.29, 0.717) is 41.8 Å². The number of hydrogen-bond donors (Lipinski definition) is 2. The lowest BCUT2D eigenvalue weighted by atomic mass is 9.45. The van der Waals surface area contributed by atoms with Crippen molar-refractivity contribution < 1.29 is 38.5 Å². The third kappa shape index (κ3) is 4.98. The van der Waals surface area contributed by atoms with E-state index in [2.05, 4.69) is 0 Å². The van der Waals surface area contributed by atoms with E-state index in [1.165, 1.54) is 30.8 Å². The summed E-state index contributed by atoms with van der Waals surface area (Å²) >= 11 is 7.66. The van der Waals surface area contributed by atoms with Gasteiger partial charge in [-0.15, -0.1) is 0 Å². The number of allylic oxidation sites excluding steroid dienone is 4. The molecule has 0 amide bonds. The molecule has 3 fully saturated rings. The summed E-state index contributed by atoms with van der Waals surface area (Å²) in [5.74, 6) is -1.74. The molecule has 2 aromatic rings. The number of ketones is 1. The van der Waals surface area contributed by atoms with Crippen LogP contribution in [0.1, 0.15) is 63.2 Å². The van der Waals surface area contributed by atoms with Crippen molar-refractivity contribution in [3.05, 3.63) is 76.9 Å². The van der Waals surface area contributed by atoms with E-state index in [9.17, 15) is 24.6 Å². The van der Waals surface area contributed by atoms with E-state index in [4.69, 9.17) is 21.1 Å². The lowest BCUT2D eigenvalue weighted by Gasteiger charge is -2.62. The largest absolute Gasteiger partial charge is 0.452 e. The second-order valence-electron chi connectivity index (χ2n) is 13.2. The Labute approximate surface area is 270 Å². The van der Waals surface area contributed by atoms with Gasteiger partial charge in [0.15, 0.2) is 11.5 Å². The van der Waals surface area contributed by atoms with Crippen molar-refractivity contribution >= 4 is 41.1 Å². The monoisotopic (exact) mass is 654 g/mol.